The number of hydrogen-bond donors (Lipinski definition) is 2. The molecular formula is C19H18N4O3S. The standard InChI is InChI=1S/C19H18N4O3S/c1-26-18(25)15-16(11-7-3-2-4-8-11)27-19(20-15)21-17(24)14-12-9-5-6-10-13(12)22-23-14/h2-4,7-8H,5-6,9-10H2,1H3,(H,22,23)(H,20,21,24). The number of aromatic nitrogens is 3. The van der Waals surface area contributed by atoms with E-state index < -0.39 is 5.97 Å². The first-order valence-corrected chi connectivity index (χ1v) is 9.51. The van der Waals surface area contributed by atoms with Gasteiger partial charge in [0.1, 0.15) is 0 Å². The quantitative estimate of drug-likeness (QED) is 0.674. The molecule has 0 spiro atoms. The normalized spacial score (nSPS) is 13.1. The average molecular weight is 382 g/mol. The Hall–Kier alpha value is -3.00. The number of fused-ring (bicyclic) bond motifs is 1. The second-order valence-corrected chi connectivity index (χ2v) is 7.24. The fourth-order valence-corrected chi connectivity index (χ4v) is 4.17. The zero-order valence-corrected chi connectivity index (χ0v) is 15.6. The summed E-state index contributed by atoms with van der Waals surface area (Å²) in [5.74, 6) is -0.859. The summed E-state index contributed by atoms with van der Waals surface area (Å²) in [5.41, 5.74) is 3.44. The van der Waals surface area contributed by atoms with E-state index in [1.54, 1.807) is 0 Å². The summed E-state index contributed by atoms with van der Waals surface area (Å²) in [7, 11) is 1.31. The van der Waals surface area contributed by atoms with Gasteiger partial charge in [0.15, 0.2) is 16.5 Å². The van der Waals surface area contributed by atoms with Gasteiger partial charge in [-0.25, -0.2) is 9.78 Å². The predicted octanol–water partition coefficient (Wildman–Crippen LogP) is 3.45. The first-order chi connectivity index (χ1) is 13.2. The van der Waals surface area contributed by atoms with E-state index in [4.69, 9.17) is 4.74 Å². The Balaban J connectivity index is 1.64. The zero-order chi connectivity index (χ0) is 18.8. The second kappa shape index (κ2) is 7.32. The molecule has 1 amide bonds. The molecule has 0 fully saturated rings. The number of esters is 1. The molecule has 138 valence electrons. The third-order valence-corrected chi connectivity index (χ3v) is 5.55. The number of hydrogen-bond acceptors (Lipinski definition) is 6. The summed E-state index contributed by atoms with van der Waals surface area (Å²) in [4.78, 5) is 29.8. The minimum Gasteiger partial charge on any atom is -0.464 e. The van der Waals surface area contributed by atoms with Crippen molar-refractivity contribution in [3.8, 4) is 10.4 Å². The van der Waals surface area contributed by atoms with Gasteiger partial charge in [-0.15, -0.1) is 0 Å². The van der Waals surface area contributed by atoms with Gasteiger partial charge in [0, 0.05) is 11.3 Å². The van der Waals surface area contributed by atoms with E-state index in [9.17, 15) is 9.59 Å². The van der Waals surface area contributed by atoms with Crippen molar-refractivity contribution in [2.75, 3.05) is 12.4 Å². The lowest BCUT2D eigenvalue weighted by molar-refractivity contribution is 0.0595. The van der Waals surface area contributed by atoms with Crippen molar-refractivity contribution in [2.24, 2.45) is 0 Å². The SMILES string of the molecule is COC(=O)c1nc(NC(=O)c2n[nH]c3c2CCCC3)sc1-c1ccccc1. The lowest BCUT2D eigenvalue weighted by Crippen LogP contribution is -2.15. The highest BCUT2D eigenvalue weighted by Gasteiger charge is 2.25. The van der Waals surface area contributed by atoms with Gasteiger partial charge in [-0.2, -0.15) is 5.10 Å². The fraction of sp³-hybridized carbons (Fsp3) is 0.263. The van der Waals surface area contributed by atoms with Crippen LogP contribution in [0.4, 0.5) is 5.13 Å². The summed E-state index contributed by atoms with van der Waals surface area (Å²) in [5, 5.41) is 10.3. The van der Waals surface area contributed by atoms with E-state index in [1.807, 2.05) is 30.3 Å². The molecule has 1 aromatic carbocycles. The number of methoxy groups -OCH3 is 1. The van der Waals surface area contributed by atoms with E-state index in [2.05, 4.69) is 20.5 Å². The first kappa shape index (κ1) is 17.4. The molecule has 0 radical (unpaired) electrons. The number of nitrogens with zero attached hydrogens (tertiary/aromatic N) is 2. The summed E-state index contributed by atoms with van der Waals surface area (Å²) in [6.45, 7) is 0. The molecule has 3 aromatic rings. The highest BCUT2D eigenvalue weighted by atomic mass is 32.1. The van der Waals surface area contributed by atoms with Gasteiger partial charge in [-0.05, 0) is 31.2 Å². The highest BCUT2D eigenvalue weighted by molar-refractivity contribution is 7.19. The first-order valence-electron chi connectivity index (χ1n) is 8.69. The molecule has 7 nitrogen and oxygen atoms in total. The Morgan fingerprint density at radius 2 is 1.93 bits per heavy atom. The molecule has 2 N–H and O–H groups in total. The number of anilines is 1. The molecule has 0 bridgehead atoms. The predicted molar refractivity (Wildman–Crippen MR) is 102 cm³/mol. The number of nitrogens with one attached hydrogen (secondary N) is 2. The molecule has 2 heterocycles. The van der Waals surface area contributed by atoms with Crippen LogP contribution >= 0.6 is 11.3 Å². The number of aryl methyl sites for hydroxylation is 1. The number of carbonyl (C=O) groups is 2. The highest BCUT2D eigenvalue weighted by Crippen LogP contribution is 2.34. The van der Waals surface area contributed by atoms with Crippen molar-refractivity contribution in [2.45, 2.75) is 25.7 Å². The number of ether oxygens (including phenoxy) is 1. The van der Waals surface area contributed by atoms with Gasteiger partial charge in [0.25, 0.3) is 5.91 Å². The zero-order valence-electron chi connectivity index (χ0n) is 14.7. The van der Waals surface area contributed by atoms with Crippen LogP contribution in [-0.2, 0) is 17.6 Å². The molecule has 0 aliphatic heterocycles. The van der Waals surface area contributed by atoms with E-state index >= 15 is 0 Å². The van der Waals surface area contributed by atoms with Crippen LogP contribution in [0, 0.1) is 0 Å². The number of benzene rings is 1. The Kier molecular flexibility index (Phi) is 4.72. The Bertz CT molecular complexity index is 994. The van der Waals surface area contributed by atoms with Crippen molar-refractivity contribution < 1.29 is 14.3 Å². The molecule has 27 heavy (non-hydrogen) atoms. The second-order valence-electron chi connectivity index (χ2n) is 6.24. The molecule has 0 unspecified atom stereocenters. The van der Waals surface area contributed by atoms with Gasteiger partial charge in [0.2, 0.25) is 0 Å². The number of carbonyl (C=O) groups excluding carboxylic acids is 2. The van der Waals surface area contributed by atoms with E-state index in [1.165, 1.54) is 18.4 Å². The van der Waals surface area contributed by atoms with Crippen LogP contribution in [0.1, 0.15) is 45.1 Å². The van der Waals surface area contributed by atoms with Crippen LogP contribution in [0.15, 0.2) is 30.3 Å². The van der Waals surface area contributed by atoms with E-state index in [0.717, 1.165) is 42.5 Å². The van der Waals surface area contributed by atoms with Crippen LogP contribution in [0.5, 0.6) is 0 Å². The largest absolute Gasteiger partial charge is 0.464 e. The monoisotopic (exact) mass is 382 g/mol. The summed E-state index contributed by atoms with van der Waals surface area (Å²) in [6, 6.07) is 9.42. The van der Waals surface area contributed by atoms with Crippen LogP contribution < -0.4 is 5.32 Å². The van der Waals surface area contributed by atoms with Gasteiger partial charge in [-0.1, -0.05) is 41.7 Å². The Morgan fingerprint density at radius 1 is 1.15 bits per heavy atom. The number of rotatable bonds is 4. The molecule has 1 aliphatic rings. The van der Waals surface area contributed by atoms with Crippen LogP contribution in [0.2, 0.25) is 0 Å². The molecule has 1 aliphatic carbocycles. The topological polar surface area (TPSA) is 97.0 Å². The smallest absolute Gasteiger partial charge is 0.358 e. The van der Waals surface area contributed by atoms with Crippen molar-refractivity contribution in [3.05, 3.63) is 53.0 Å². The molecule has 0 saturated heterocycles. The summed E-state index contributed by atoms with van der Waals surface area (Å²) < 4.78 is 4.84. The molecule has 4 rings (SSSR count). The Labute approximate surface area is 159 Å². The maximum Gasteiger partial charge on any atom is 0.358 e. The average Bonchev–Trinajstić information content (AvgIpc) is 3.32. The maximum atomic E-state index is 12.7. The van der Waals surface area contributed by atoms with Crippen molar-refractivity contribution >= 4 is 28.3 Å². The lowest BCUT2D eigenvalue weighted by atomic mass is 9.96. The molecule has 8 heteroatoms. The van der Waals surface area contributed by atoms with E-state index in [-0.39, 0.29) is 11.6 Å². The Morgan fingerprint density at radius 3 is 2.70 bits per heavy atom. The third-order valence-electron chi connectivity index (χ3n) is 4.53. The van der Waals surface area contributed by atoms with Gasteiger partial charge in [-0.3, -0.25) is 15.2 Å². The minimum atomic E-state index is -0.539. The van der Waals surface area contributed by atoms with Crippen molar-refractivity contribution in [1.29, 1.82) is 0 Å². The number of aromatic amines is 1. The number of amides is 1. The number of H-pyrrole nitrogens is 1. The molecule has 0 saturated carbocycles. The van der Waals surface area contributed by atoms with Crippen molar-refractivity contribution in [3.63, 3.8) is 0 Å². The summed E-state index contributed by atoms with van der Waals surface area (Å²) in [6.07, 6.45) is 3.91. The molecule has 2 aromatic heterocycles. The lowest BCUT2D eigenvalue weighted by Gasteiger charge is -2.10. The minimum absolute atomic E-state index is 0.188. The van der Waals surface area contributed by atoms with Crippen LogP contribution in [0.3, 0.4) is 0 Å². The molecule has 0 atom stereocenters. The number of thiazole rings is 1. The maximum absolute atomic E-state index is 12.7. The van der Waals surface area contributed by atoms with E-state index in [0.29, 0.717) is 15.7 Å². The summed E-state index contributed by atoms with van der Waals surface area (Å²) >= 11 is 1.24. The molecular weight excluding hydrogens is 364 g/mol. The van der Waals surface area contributed by atoms with Gasteiger partial charge < -0.3 is 4.74 Å². The van der Waals surface area contributed by atoms with Gasteiger partial charge in [0.05, 0.1) is 12.0 Å². The fourth-order valence-electron chi connectivity index (χ4n) is 3.22. The van der Waals surface area contributed by atoms with Crippen molar-refractivity contribution in [1.82, 2.24) is 15.2 Å². The van der Waals surface area contributed by atoms with Crippen LogP contribution in [0.25, 0.3) is 10.4 Å². The third kappa shape index (κ3) is 3.35. The van der Waals surface area contributed by atoms with Crippen LogP contribution in [-0.4, -0.2) is 34.2 Å². The van der Waals surface area contributed by atoms with Gasteiger partial charge >= 0.3 is 5.97 Å².